The fraction of sp³-hybridized carbons (Fsp3) is 0.364. The maximum Gasteiger partial charge on any atom is 0.271 e. The minimum absolute atomic E-state index is 0.0548. The SMILES string of the molecule is CCCOc1ccc(/C=N/NC(=O)c2ccc(C(C)(C)C)cc2)cc1OC. The summed E-state index contributed by atoms with van der Waals surface area (Å²) in [5, 5.41) is 4.04. The molecular weight excluding hydrogens is 340 g/mol. The summed E-state index contributed by atoms with van der Waals surface area (Å²) < 4.78 is 11.0. The summed E-state index contributed by atoms with van der Waals surface area (Å²) in [5.41, 5.74) is 5.16. The minimum Gasteiger partial charge on any atom is -0.493 e. The average Bonchev–Trinajstić information content (AvgIpc) is 2.66. The number of nitrogens with one attached hydrogen (secondary N) is 1. The number of carbonyl (C=O) groups excluding carboxylic acids is 1. The molecule has 27 heavy (non-hydrogen) atoms. The monoisotopic (exact) mass is 368 g/mol. The van der Waals surface area contributed by atoms with Gasteiger partial charge in [-0.05, 0) is 53.3 Å². The molecule has 144 valence electrons. The zero-order chi connectivity index (χ0) is 19.9. The molecule has 0 aliphatic rings. The number of ether oxygens (including phenoxy) is 2. The van der Waals surface area contributed by atoms with Gasteiger partial charge in [0.15, 0.2) is 11.5 Å². The van der Waals surface area contributed by atoms with E-state index >= 15 is 0 Å². The van der Waals surface area contributed by atoms with Crippen molar-refractivity contribution in [2.24, 2.45) is 5.10 Å². The summed E-state index contributed by atoms with van der Waals surface area (Å²) in [6.07, 6.45) is 2.50. The summed E-state index contributed by atoms with van der Waals surface area (Å²) in [6.45, 7) is 9.10. The lowest BCUT2D eigenvalue weighted by Crippen LogP contribution is -2.18. The molecule has 2 aromatic carbocycles. The first-order valence-corrected chi connectivity index (χ1v) is 9.10. The van der Waals surface area contributed by atoms with E-state index in [0.29, 0.717) is 23.7 Å². The number of hydrogen-bond acceptors (Lipinski definition) is 4. The highest BCUT2D eigenvalue weighted by Gasteiger charge is 2.14. The van der Waals surface area contributed by atoms with E-state index in [4.69, 9.17) is 9.47 Å². The van der Waals surface area contributed by atoms with Gasteiger partial charge in [0.2, 0.25) is 0 Å². The average molecular weight is 368 g/mol. The van der Waals surface area contributed by atoms with Gasteiger partial charge in [0.25, 0.3) is 5.91 Å². The molecule has 5 heteroatoms. The topological polar surface area (TPSA) is 59.9 Å². The summed E-state index contributed by atoms with van der Waals surface area (Å²) in [6, 6.07) is 13.1. The third-order valence-corrected chi connectivity index (χ3v) is 4.04. The van der Waals surface area contributed by atoms with Crippen molar-refractivity contribution in [3.05, 3.63) is 59.2 Å². The van der Waals surface area contributed by atoms with Gasteiger partial charge in [0.05, 0.1) is 19.9 Å². The quantitative estimate of drug-likeness (QED) is 0.576. The van der Waals surface area contributed by atoms with Crippen molar-refractivity contribution >= 4 is 12.1 Å². The predicted octanol–water partition coefficient (Wildman–Crippen LogP) is 4.55. The Hall–Kier alpha value is -2.82. The van der Waals surface area contributed by atoms with Crippen molar-refractivity contribution < 1.29 is 14.3 Å². The van der Waals surface area contributed by atoms with Crippen molar-refractivity contribution in [1.82, 2.24) is 5.43 Å². The highest BCUT2D eigenvalue weighted by molar-refractivity contribution is 5.95. The van der Waals surface area contributed by atoms with Crippen LogP contribution in [0.2, 0.25) is 0 Å². The zero-order valence-electron chi connectivity index (χ0n) is 16.7. The predicted molar refractivity (Wildman–Crippen MR) is 109 cm³/mol. The van der Waals surface area contributed by atoms with Gasteiger partial charge < -0.3 is 9.47 Å². The molecule has 0 spiro atoms. The molecule has 0 aliphatic heterocycles. The van der Waals surface area contributed by atoms with Gasteiger partial charge in [-0.25, -0.2) is 5.43 Å². The van der Waals surface area contributed by atoms with E-state index in [1.165, 1.54) is 5.56 Å². The Bertz CT molecular complexity index is 790. The third-order valence-electron chi connectivity index (χ3n) is 4.04. The van der Waals surface area contributed by atoms with Gasteiger partial charge in [-0.3, -0.25) is 4.79 Å². The van der Waals surface area contributed by atoms with E-state index in [0.717, 1.165) is 12.0 Å². The number of carbonyl (C=O) groups is 1. The molecular formula is C22H28N2O3. The van der Waals surface area contributed by atoms with Gasteiger partial charge in [-0.1, -0.05) is 39.8 Å². The van der Waals surface area contributed by atoms with Gasteiger partial charge in [0, 0.05) is 5.56 Å². The lowest BCUT2D eigenvalue weighted by molar-refractivity contribution is 0.0955. The second kappa shape index (κ2) is 9.21. The number of nitrogens with zero attached hydrogens (tertiary/aromatic N) is 1. The summed E-state index contributed by atoms with van der Waals surface area (Å²) in [4.78, 5) is 12.2. The molecule has 0 saturated heterocycles. The van der Waals surface area contributed by atoms with E-state index in [1.807, 2.05) is 49.4 Å². The van der Waals surface area contributed by atoms with Gasteiger partial charge in [-0.2, -0.15) is 5.10 Å². The number of benzene rings is 2. The van der Waals surface area contributed by atoms with Crippen LogP contribution in [0.5, 0.6) is 11.5 Å². The lowest BCUT2D eigenvalue weighted by atomic mass is 9.87. The van der Waals surface area contributed by atoms with Crippen molar-refractivity contribution in [3.8, 4) is 11.5 Å². The smallest absolute Gasteiger partial charge is 0.271 e. The summed E-state index contributed by atoms with van der Waals surface area (Å²) >= 11 is 0. The first-order chi connectivity index (χ1) is 12.8. The van der Waals surface area contributed by atoms with Crippen LogP contribution < -0.4 is 14.9 Å². The maximum absolute atomic E-state index is 12.2. The largest absolute Gasteiger partial charge is 0.493 e. The number of hydrogen-bond donors (Lipinski definition) is 1. The molecule has 0 radical (unpaired) electrons. The van der Waals surface area contributed by atoms with Crippen LogP contribution in [-0.4, -0.2) is 25.8 Å². The number of amides is 1. The molecule has 0 aliphatic carbocycles. The summed E-state index contributed by atoms with van der Waals surface area (Å²) in [7, 11) is 1.60. The van der Waals surface area contributed by atoms with Gasteiger partial charge in [-0.15, -0.1) is 0 Å². The third kappa shape index (κ3) is 5.84. The van der Waals surface area contributed by atoms with E-state index in [2.05, 4.69) is 31.3 Å². The lowest BCUT2D eigenvalue weighted by Gasteiger charge is -2.18. The number of methoxy groups -OCH3 is 1. The highest BCUT2D eigenvalue weighted by atomic mass is 16.5. The Balaban J connectivity index is 2.01. The Labute approximate surface area is 161 Å². The van der Waals surface area contributed by atoms with Crippen LogP contribution in [-0.2, 0) is 5.41 Å². The molecule has 0 atom stereocenters. The number of rotatable bonds is 7. The zero-order valence-corrected chi connectivity index (χ0v) is 16.7. The molecule has 0 unspecified atom stereocenters. The molecule has 0 aromatic heterocycles. The Morgan fingerprint density at radius 3 is 2.41 bits per heavy atom. The normalized spacial score (nSPS) is 11.4. The molecule has 1 N–H and O–H groups in total. The molecule has 5 nitrogen and oxygen atoms in total. The van der Waals surface area contributed by atoms with Crippen molar-refractivity contribution in [2.45, 2.75) is 39.5 Å². The van der Waals surface area contributed by atoms with Crippen LogP contribution in [0.25, 0.3) is 0 Å². The van der Waals surface area contributed by atoms with E-state index in [-0.39, 0.29) is 11.3 Å². The van der Waals surface area contributed by atoms with Crippen molar-refractivity contribution in [3.63, 3.8) is 0 Å². The van der Waals surface area contributed by atoms with Crippen LogP contribution >= 0.6 is 0 Å². The molecule has 1 amide bonds. The fourth-order valence-electron chi connectivity index (χ4n) is 2.45. The Morgan fingerprint density at radius 1 is 1.11 bits per heavy atom. The van der Waals surface area contributed by atoms with Gasteiger partial charge >= 0.3 is 0 Å². The van der Waals surface area contributed by atoms with Crippen LogP contribution in [0.4, 0.5) is 0 Å². The Kier molecular flexibility index (Phi) is 6.99. The summed E-state index contributed by atoms with van der Waals surface area (Å²) in [5.74, 6) is 1.08. The first-order valence-electron chi connectivity index (χ1n) is 9.10. The molecule has 0 heterocycles. The second-order valence-corrected chi connectivity index (χ2v) is 7.29. The van der Waals surface area contributed by atoms with Crippen molar-refractivity contribution in [1.29, 1.82) is 0 Å². The van der Waals surface area contributed by atoms with Crippen LogP contribution in [0.15, 0.2) is 47.6 Å². The maximum atomic E-state index is 12.2. The van der Waals surface area contributed by atoms with Crippen molar-refractivity contribution in [2.75, 3.05) is 13.7 Å². The standard InChI is InChI=1S/C22H28N2O3/c1-6-13-27-19-12-7-16(14-20(19)26-5)15-23-24-21(25)17-8-10-18(11-9-17)22(2,3)4/h7-12,14-15H,6,13H2,1-5H3,(H,24,25)/b23-15+. The van der Waals surface area contributed by atoms with Crippen LogP contribution in [0, 0.1) is 0 Å². The number of hydrazone groups is 1. The second-order valence-electron chi connectivity index (χ2n) is 7.29. The van der Waals surface area contributed by atoms with E-state index in [9.17, 15) is 4.79 Å². The molecule has 0 fully saturated rings. The molecule has 2 rings (SSSR count). The van der Waals surface area contributed by atoms with Crippen LogP contribution in [0.1, 0.15) is 55.6 Å². The van der Waals surface area contributed by atoms with E-state index < -0.39 is 0 Å². The van der Waals surface area contributed by atoms with Crippen LogP contribution in [0.3, 0.4) is 0 Å². The molecule has 0 bridgehead atoms. The van der Waals surface area contributed by atoms with E-state index in [1.54, 1.807) is 13.3 Å². The first kappa shape index (κ1) is 20.5. The Morgan fingerprint density at radius 2 is 1.81 bits per heavy atom. The van der Waals surface area contributed by atoms with Gasteiger partial charge in [0.1, 0.15) is 0 Å². The minimum atomic E-state index is -0.249. The fourth-order valence-corrected chi connectivity index (χ4v) is 2.45. The highest BCUT2D eigenvalue weighted by Crippen LogP contribution is 2.27. The molecule has 2 aromatic rings. The molecule has 0 saturated carbocycles.